The fraction of sp³-hybridized carbons (Fsp3) is 0.818. The molecule has 1 fully saturated rings. The molecule has 1 saturated heterocycles. The van der Waals surface area contributed by atoms with Crippen molar-refractivity contribution in [1.82, 2.24) is 25.2 Å². The summed E-state index contributed by atoms with van der Waals surface area (Å²) < 4.78 is 7.42. The molecule has 1 aliphatic rings. The molecule has 2 heterocycles. The first-order valence-electron chi connectivity index (χ1n) is 6.15. The minimum atomic E-state index is 0.347. The third-order valence-corrected chi connectivity index (χ3v) is 2.91. The fourth-order valence-electron chi connectivity index (χ4n) is 2.05. The van der Waals surface area contributed by atoms with Crippen molar-refractivity contribution in [1.29, 1.82) is 0 Å². The van der Waals surface area contributed by atoms with Crippen LogP contribution < -0.4 is 5.32 Å². The number of nitrogens with one attached hydrogen (secondary N) is 1. The summed E-state index contributed by atoms with van der Waals surface area (Å²) in [6.45, 7) is 7.66. The zero-order chi connectivity index (χ0) is 12.1. The first-order chi connectivity index (χ1) is 8.28. The molecule has 0 amide bonds. The molecule has 0 aromatic carbocycles. The van der Waals surface area contributed by atoms with Gasteiger partial charge in [-0.25, -0.2) is 0 Å². The van der Waals surface area contributed by atoms with Gasteiger partial charge in [-0.15, -0.1) is 5.10 Å². The van der Waals surface area contributed by atoms with E-state index in [0.717, 1.165) is 45.0 Å². The van der Waals surface area contributed by atoms with Crippen molar-refractivity contribution >= 4 is 0 Å². The van der Waals surface area contributed by atoms with Gasteiger partial charge in [-0.2, -0.15) is 0 Å². The van der Waals surface area contributed by atoms with Gasteiger partial charge < -0.3 is 10.1 Å². The lowest BCUT2D eigenvalue weighted by atomic mass is 10.3. The highest BCUT2D eigenvalue weighted by molar-refractivity contribution is 4.91. The minimum Gasteiger partial charge on any atom is -0.376 e. The highest BCUT2D eigenvalue weighted by atomic mass is 16.5. The summed E-state index contributed by atoms with van der Waals surface area (Å²) >= 11 is 0. The molecule has 1 unspecified atom stereocenters. The second-order valence-corrected chi connectivity index (χ2v) is 4.49. The van der Waals surface area contributed by atoms with E-state index in [-0.39, 0.29) is 0 Å². The van der Waals surface area contributed by atoms with Gasteiger partial charge in [-0.1, -0.05) is 5.21 Å². The van der Waals surface area contributed by atoms with Gasteiger partial charge in [-0.3, -0.25) is 9.58 Å². The SMILES string of the molecule is CNCc1cn(CCN2CCOC(C)C2)nn1. The maximum Gasteiger partial charge on any atom is 0.0964 e. The molecular formula is C11H21N5O. The number of hydrogen-bond donors (Lipinski definition) is 1. The topological polar surface area (TPSA) is 55.2 Å². The van der Waals surface area contributed by atoms with E-state index in [1.165, 1.54) is 0 Å². The van der Waals surface area contributed by atoms with E-state index < -0.39 is 0 Å². The minimum absolute atomic E-state index is 0.347. The Hall–Kier alpha value is -0.980. The van der Waals surface area contributed by atoms with Crippen LogP contribution in [0.5, 0.6) is 0 Å². The fourth-order valence-corrected chi connectivity index (χ4v) is 2.05. The highest BCUT2D eigenvalue weighted by Crippen LogP contribution is 2.04. The number of hydrogen-bond acceptors (Lipinski definition) is 5. The number of rotatable bonds is 5. The van der Waals surface area contributed by atoms with Crippen molar-refractivity contribution in [3.8, 4) is 0 Å². The zero-order valence-corrected chi connectivity index (χ0v) is 10.6. The van der Waals surface area contributed by atoms with Crippen LogP contribution in [0.2, 0.25) is 0 Å². The first kappa shape index (κ1) is 12.5. The molecule has 17 heavy (non-hydrogen) atoms. The number of morpholine rings is 1. The van der Waals surface area contributed by atoms with E-state index in [9.17, 15) is 0 Å². The molecule has 1 aliphatic heterocycles. The van der Waals surface area contributed by atoms with Gasteiger partial charge in [0.1, 0.15) is 0 Å². The molecular weight excluding hydrogens is 218 g/mol. The van der Waals surface area contributed by atoms with Gasteiger partial charge in [-0.05, 0) is 14.0 Å². The number of ether oxygens (including phenoxy) is 1. The normalized spacial score (nSPS) is 21.9. The van der Waals surface area contributed by atoms with E-state index >= 15 is 0 Å². The third-order valence-electron chi connectivity index (χ3n) is 2.91. The van der Waals surface area contributed by atoms with Crippen molar-refractivity contribution in [2.24, 2.45) is 0 Å². The molecule has 6 heteroatoms. The molecule has 0 saturated carbocycles. The van der Waals surface area contributed by atoms with Gasteiger partial charge in [0.2, 0.25) is 0 Å². The second kappa shape index (κ2) is 6.09. The van der Waals surface area contributed by atoms with Crippen molar-refractivity contribution in [3.05, 3.63) is 11.9 Å². The second-order valence-electron chi connectivity index (χ2n) is 4.49. The number of nitrogens with zero attached hydrogens (tertiary/aromatic N) is 4. The highest BCUT2D eigenvalue weighted by Gasteiger charge is 2.16. The molecule has 1 N–H and O–H groups in total. The van der Waals surface area contributed by atoms with E-state index in [1.807, 2.05) is 17.9 Å². The first-order valence-corrected chi connectivity index (χ1v) is 6.15. The maximum absolute atomic E-state index is 5.51. The molecule has 0 bridgehead atoms. The average molecular weight is 239 g/mol. The Morgan fingerprint density at radius 1 is 1.53 bits per heavy atom. The molecule has 96 valence electrons. The zero-order valence-electron chi connectivity index (χ0n) is 10.6. The van der Waals surface area contributed by atoms with Crippen molar-refractivity contribution in [2.45, 2.75) is 26.1 Å². The van der Waals surface area contributed by atoms with Crippen LogP contribution in [0.1, 0.15) is 12.6 Å². The Labute approximate surface area is 102 Å². The average Bonchev–Trinajstić information content (AvgIpc) is 2.75. The van der Waals surface area contributed by atoms with Crippen molar-refractivity contribution in [3.63, 3.8) is 0 Å². The van der Waals surface area contributed by atoms with Crippen LogP contribution in [0.4, 0.5) is 0 Å². The predicted octanol–water partition coefficient (Wildman–Crippen LogP) is -0.282. The summed E-state index contributed by atoms with van der Waals surface area (Å²) in [5.74, 6) is 0. The van der Waals surface area contributed by atoms with Crippen LogP contribution in [0.3, 0.4) is 0 Å². The summed E-state index contributed by atoms with van der Waals surface area (Å²) in [5.41, 5.74) is 0.989. The molecule has 0 spiro atoms. The standard InChI is InChI=1S/C11H21N5O/c1-10-8-15(5-6-17-10)3-4-16-9-11(7-12-2)13-14-16/h9-10,12H,3-8H2,1-2H3. The molecule has 1 aromatic heterocycles. The van der Waals surface area contributed by atoms with Gasteiger partial charge in [0.05, 0.1) is 24.9 Å². The smallest absolute Gasteiger partial charge is 0.0964 e. The Balaban J connectivity index is 1.76. The number of aromatic nitrogens is 3. The van der Waals surface area contributed by atoms with E-state index in [0.29, 0.717) is 6.10 Å². The Bertz CT molecular complexity index is 340. The van der Waals surface area contributed by atoms with Crippen LogP contribution in [0.25, 0.3) is 0 Å². The molecule has 1 atom stereocenters. The molecule has 0 radical (unpaired) electrons. The lowest BCUT2D eigenvalue weighted by molar-refractivity contribution is -0.0194. The van der Waals surface area contributed by atoms with Gasteiger partial charge >= 0.3 is 0 Å². The van der Waals surface area contributed by atoms with Crippen LogP contribution in [0, 0.1) is 0 Å². The summed E-state index contributed by atoms with van der Waals surface area (Å²) in [6, 6.07) is 0. The third kappa shape index (κ3) is 3.76. The van der Waals surface area contributed by atoms with Crippen molar-refractivity contribution < 1.29 is 4.74 Å². The van der Waals surface area contributed by atoms with Crippen molar-refractivity contribution in [2.75, 3.05) is 33.3 Å². The lowest BCUT2D eigenvalue weighted by Gasteiger charge is -2.30. The van der Waals surface area contributed by atoms with E-state index in [4.69, 9.17) is 4.74 Å². The lowest BCUT2D eigenvalue weighted by Crippen LogP contribution is -2.42. The molecule has 2 rings (SSSR count). The van der Waals surface area contributed by atoms with Crippen LogP contribution in [-0.4, -0.2) is 59.3 Å². The van der Waals surface area contributed by atoms with E-state index in [1.54, 1.807) is 0 Å². The van der Waals surface area contributed by atoms with Gasteiger partial charge in [0.25, 0.3) is 0 Å². The van der Waals surface area contributed by atoms with E-state index in [2.05, 4.69) is 27.5 Å². The molecule has 0 aliphatic carbocycles. The Kier molecular flexibility index (Phi) is 4.47. The largest absolute Gasteiger partial charge is 0.376 e. The van der Waals surface area contributed by atoms with Crippen LogP contribution in [0.15, 0.2) is 6.20 Å². The Morgan fingerprint density at radius 3 is 3.18 bits per heavy atom. The van der Waals surface area contributed by atoms with Crippen LogP contribution >= 0.6 is 0 Å². The predicted molar refractivity (Wildman–Crippen MR) is 64.6 cm³/mol. The Morgan fingerprint density at radius 2 is 2.41 bits per heavy atom. The summed E-state index contributed by atoms with van der Waals surface area (Å²) in [5, 5.41) is 11.3. The quantitative estimate of drug-likeness (QED) is 0.766. The maximum atomic E-state index is 5.51. The van der Waals surface area contributed by atoms with Gasteiger partial charge in [0, 0.05) is 32.4 Å². The summed E-state index contributed by atoms with van der Waals surface area (Å²) in [7, 11) is 1.91. The summed E-state index contributed by atoms with van der Waals surface area (Å²) in [4.78, 5) is 2.41. The van der Waals surface area contributed by atoms with Crippen LogP contribution in [-0.2, 0) is 17.8 Å². The summed E-state index contributed by atoms with van der Waals surface area (Å²) in [6.07, 6.45) is 2.35. The molecule has 6 nitrogen and oxygen atoms in total. The van der Waals surface area contributed by atoms with Gasteiger partial charge in [0.15, 0.2) is 0 Å². The molecule has 1 aromatic rings. The monoisotopic (exact) mass is 239 g/mol.